The molecule has 1 amide bonds. The first-order valence-electron chi connectivity index (χ1n) is 5.45. The monoisotopic (exact) mass is 291 g/mol. The van der Waals surface area contributed by atoms with E-state index in [1.807, 2.05) is 0 Å². The highest BCUT2D eigenvalue weighted by Crippen LogP contribution is 2.22. The first-order valence-corrected chi connectivity index (χ1v) is 6.65. The zero-order valence-corrected chi connectivity index (χ0v) is 11.4. The van der Waals surface area contributed by atoms with Gasteiger partial charge in [-0.25, -0.2) is 0 Å². The molecule has 1 aromatic carbocycles. The summed E-state index contributed by atoms with van der Waals surface area (Å²) in [5, 5.41) is 1.14. The molecular weight excluding hydrogens is 280 g/mol. The number of amides is 1. The smallest absolute Gasteiger partial charge is 0.253 e. The van der Waals surface area contributed by atoms with Crippen molar-refractivity contribution >= 4 is 40.7 Å². The lowest BCUT2D eigenvalue weighted by molar-refractivity contribution is 0.0726. The van der Waals surface area contributed by atoms with Gasteiger partial charge in [0.2, 0.25) is 0 Å². The fraction of sp³-hybridized carbons (Fsp3) is 0.417. The number of likely N-dealkylation sites (tertiary alicyclic amines) is 1. The Balaban J connectivity index is 2.14. The number of piperidine rings is 1. The summed E-state index contributed by atoms with van der Waals surface area (Å²) in [5.74, 6) is -0.0297. The summed E-state index contributed by atoms with van der Waals surface area (Å²) in [5.41, 5.74) is 0.538. The molecule has 92 valence electrons. The van der Waals surface area contributed by atoms with E-state index in [1.165, 1.54) is 0 Å². The topological polar surface area (TPSA) is 20.3 Å². The minimum absolute atomic E-state index is 0.0297. The van der Waals surface area contributed by atoms with Crippen LogP contribution < -0.4 is 0 Å². The number of nitrogens with zero attached hydrogens (tertiary/aromatic N) is 1. The highest BCUT2D eigenvalue weighted by molar-refractivity contribution is 6.35. The maximum atomic E-state index is 12.2. The molecule has 0 bridgehead atoms. The van der Waals surface area contributed by atoms with Crippen LogP contribution in [0.15, 0.2) is 18.2 Å². The van der Waals surface area contributed by atoms with Gasteiger partial charge in [0.25, 0.3) is 5.91 Å². The molecule has 0 aromatic heterocycles. The molecule has 0 spiro atoms. The molecule has 1 aliphatic heterocycles. The molecule has 1 aromatic rings. The number of alkyl halides is 1. The Morgan fingerprint density at radius 3 is 2.18 bits per heavy atom. The number of benzene rings is 1. The summed E-state index contributed by atoms with van der Waals surface area (Å²) in [7, 11) is 0. The van der Waals surface area contributed by atoms with Crippen LogP contribution in [0, 0.1) is 0 Å². The van der Waals surface area contributed by atoms with Gasteiger partial charge in [-0.05, 0) is 31.0 Å². The maximum absolute atomic E-state index is 12.2. The molecule has 0 radical (unpaired) electrons. The molecule has 0 aliphatic carbocycles. The molecule has 2 nitrogen and oxygen atoms in total. The van der Waals surface area contributed by atoms with Crippen LogP contribution in [0.5, 0.6) is 0 Å². The van der Waals surface area contributed by atoms with Crippen molar-refractivity contribution in [3.05, 3.63) is 33.8 Å². The molecule has 0 N–H and O–H groups in total. The van der Waals surface area contributed by atoms with Crippen LogP contribution in [0.1, 0.15) is 23.2 Å². The minimum Gasteiger partial charge on any atom is -0.339 e. The lowest BCUT2D eigenvalue weighted by Crippen LogP contribution is -2.38. The van der Waals surface area contributed by atoms with Gasteiger partial charge in [-0.1, -0.05) is 23.2 Å². The van der Waals surface area contributed by atoms with E-state index in [4.69, 9.17) is 34.8 Å². The van der Waals surface area contributed by atoms with Crippen molar-refractivity contribution in [1.82, 2.24) is 4.90 Å². The van der Waals surface area contributed by atoms with Gasteiger partial charge in [0, 0.05) is 34.1 Å². The van der Waals surface area contributed by atoms with E-state index in [1.54, 1.807) is 23.1 Å². The van der Waals surface area contributed by atoms with Gasteiger partial charge in [0.15, 0.2) is 0 Å². The predicted octanol–water partition coefficient (Wildman–Crippen LogP) is 3.84. The van der Waals surface area contributed by atoms with Crippen LogP contribution in [-0.2, 0) is 0 Å². The lowest BCUT2D eigenvalue weighted by Gasteiger charge is -2.29. The fourth-order valence-corrected chi connectivity index (χ4v) is 2.63. The second-order valence-electron chi connectivity index (χ2n) is 4.12. The average molecular weight is 293 g/mol. The maximum Gasteiger partial charge on any atom is 0.253 e. The van der Waals surface area contributed by atoms with Crippen molar-refractivity contribution in [1.29, 1.82) is 0 Å². The van der Waals surface area contributed by atoms with Crippen molar-refractivity contribution in [2.75, 3.05) is 13.1 Å². The average Bonchev–Trinajstić information content (AvgIpc) is 2.28. The van der Waals surface area contributed by atoms with Crippen molar-refractivity contribution < 1.29 is 4.79 Å². The molecule has 0 atom stereocenters. The number of hydrogen-bond donors (Lipinski definition) is 0. The molecule has 1 aliphatic rings. The second kappa shape index (κ2) is 5.47. The number of halogens is 3. The van der Waals surface area contributed by atoms with E-state index < -0.39 is 0 Å². The van der Waals surface area contributed by atoms with Gasteiger partial charge >= 0.3 is 0 Å². The van der Waals surface area contributed by atoms with Crippen molar-refractivity contribution in [2.24, 2.45) is 0 Å². The Morgan fingerprint density at radius 2 is 1.65 bits per heavy atom. The Kier molecular flexibility index (Phi) is 4.18. The number of rotatable bonds is 1. The molecule has 0 saturated carbocycles. The van der Waals surface area contributed by atoms with Crippen LogP contribution in [0.25, 0.3) is 0 Å². The van der Waals surface area contributed by atoms with E-state index in [9.17, 15) is 4.79 Å². The van der Waals surface area contributed by atoms with Crippen molar-refractivity contribution in [2.45, 2.75) is 18.2 Å². The summed E-state index contributed by atoms with van der Waals surface area (Å²) in [6, 6.07) is 4.90. The number of carbonyl (C=O) groups is 1. The van der Waals surface area contributed by atoms with Gasteiger partial charge in [-0.15, -0.1) is 11.6 Å². The van der Waals surface area contributed by atoms with Crippen LogP contribution >= 0.6 is 34.8 Å². The zero-order valence-electron chi connectivity index (χ0n) is 9.13. The summed E-state index contributed by atoms with van der Waals surface area (Å²) in [6.45, 7) is 1.38. The Labute approximate surface area is 115 Å². The third kappa shape index (κ3) is 3.27. The van der Waals surface area contributed by atoms with E-state index in [0.717, 1.165) is 12.8 Å². The number of carbonyl (C=O) groups excluding carboxylic acids is 1. The Morgan fingerprint density at radius 1 is 1.12 bits per heavy atom. The minimum atomic E-state index is -0.0297. The summed E-state index contributed by atoms with van der Waals surface area (Å²) >= 11 is 17.8. The highest BCUT2D eigenvalue weighted by Gasteiger charge is 2.22. The number of hydrogen-bond acceptors (Lipinski definition) is 1. The molecule has 1 heterocycles. The first-order chi connectivity index (χ1) is 8.06. The molecule has 2 rings (SSSR count). The van der Waals surface area contributed by atoms with Gasteiger partial charge < -0.3 is 4.90 Å². The standard InChI is InChI=1S/C12H12Cl3NO/c13-9-1-3-16(4-2-9)12(17)8-5-10(14)7-11(15)6-8/h5-7,9H,1-4H2. The van der Waals surface area contributed by atoms with E-state index in [2.05, 4.69) is 0 Å². The summed E-state index contributed by atoms with van der Waals surface area (Å²) < 4.78 is 0. The van der Waals surface area contributed by atoms with Crippen LogP contribution in [-0.4, -0.2) is 29.3 Å². The molecule has 17 heavy (non-hydrogen) atoms. The SMILES string of the molecule is O=C(c1cc(Cl)cc(Cl)c1)N1CCC(Cl)CC1. The van der Waals surface area contributed by atoms with Crippen LogP contribution in [0.3, 0.4) is 0 Å². The van der Waals surface area contributed by atoms with E-state index >= 15 is 0 Å². The summed E-state index contributed by atoms with van der Waals surface area (Å²) in [6.07, 6.45) is 1.67. The van der Waals surface area contributed by atoms with Gasteiger partial charge in [0.05, 0.1) is 0 Å². The third-order valence-electron chi connectivity index (χ3n) is 2.82. The van der Waals surface area contributed by atoms with Crippen molar-refractivity contribution in [3.8, 4) is 0 Å². The van der Waals surface area contributed by atoms with Gasteiger partial charge in [-0.2, -0.15) is 0 Å². The van der Waals surface area contributed by atoms with E-state index in [-0.39, 0.29) is 11.3 Å². The largest absolute Gasteiger partial charge is 0.339 e. The highest BCUT2D eigenvalue weighted by atomic mass is 35.5. The van der Waals surface area contributed by atoms with Crippen LogP contribution in [0.4, 0.5) is 0 Å². The molecule has 5 heteroatoms. The second-order valence-corrected chi connectivity index (χ2v) is 5.62. The normalized spacial score (nSPS) is 17.2. The first kappa shape index (κ1) is 13.0. The van der Waals surface area contributed by atoms with Gasteiger partial charge in [-0.3, -0.25) is 4.79 Å². The Hall–Kier alpha value is -0.440. The predicted molar refractivity (Wildman–Crippen MR) is 71.2 cm³/mol. The Bertz CT molecular complexity index is 408. The fourth-order valence-electron chi connectivity index (χ4n) is 1.91. The molecule has 1 fully saturated rings. The quantitative estimate of drug-likeness (QED) is 0.720. The zero-order chi connectivity index (χ0) is 12.4. The van der Waals surface area contributed by atoms with Crippen molar-refractivity contribution in [3.63, 3.8) is 0 Å². The van der Waals surface area contributed by atoms with E-state index in [0.29, 0.717) is 28.7 Å². The third-order valence-corrected chi connectivity index (χ3v) is 3.69. The molecule has 1 saturated heterocycles. The lowest BCUT2D eigenvalue weighted by atomic mass is 10.1. The summed E-state index contributed by atoms with van der Waals surface area (Å²) in [4.78, 5) is 14.0. The molecule has 0 unspecified atom stereocenters. The van der Waals surface area contributed by atoms with Gasteiger partial charge in [0.1, 0.15) is 0 Å². The molecular formula is C12H12Cl3NO. The van der Waals surface area contributed by atoms with Crippen LogP contribution in [0.2, 0.25) is 10.0 Å².